The van der Waals surface area contributed by atoms with E-state index in [0.29, 0.717) is 6.04 Å². The maximum absolute atomic E-state index is 12.2. The fraction of sp³-hybridized carbons (Fsp3) is 0.824. The van der Waals surface area contributed by atoms with Gasteiger partial charge in [0.25, 0.3) is 0 Å². The fourth-order valence-electron chi connectivity index (χ4n) is 3.31. The van der Waals surface area contributed by atoms with Crippen molar-refractivity contribution in [3.8, 4) is 0 Å². The third kappa shape index (κ3) is 4.45. The Balaban J connectivity index is 1.42. The van der Waals surface area contributed by atoms with Crippen LogP contribution >= 0.6 is 12.2 Å². The van der Waals surface area contributed by atoms with Crippen molar-refractivity contribution < 1.29 is 4.79 Å². The Morgan fingerprint density at radius 2 is 2.04 bits per heavy atom. The van der Waals surface area contributed by atoms with Crippen LogP contribution in [0.2, 0.25) is 0 Å². The molecule has 24 heavy (non-hydrogen) atoms. The lowest BCUT2D eigenvalue weighted by atomic mass is 9.96. The molecule has 1 aromatic heterocycles. The van der Waals surface area contributed by atoms with Crippen LogP contribution in [0.4, 0.5) is 0 Å². The smallest absolute Gasteiger partial charge is 0.223 e. The fourth-order valence-corrected chi connectivity index (χ4v) is 3.61. The molecule has 0 aromatic carbocycles. The SMILES string of the molecule is CCCCCNC(=O)C1CCN(Cn2ncn(C3CC3)c2=S)CC1. The Morgan fingerprint density at radius 3 is 2.71 bits per heavy atom. The van der Waals surface area contributed by atoms with E-state index in [1.165, 1.54) is 25.7 Å². The second-order valence-corrected chi connectivity index (χ2v) is 7.45. The summed E-state index contributed by atoms with van der Waals surface area (Å²) in [5, 5.41) is 7.53. The van der Waals surface area contributed by atoms with Crippen molar-refractivity contribution in [2.24, 2.45) is 5.92 Å². The maximum Gasteiger partial charge on any atom is 0.223 e. The summed E-state index contributed by atoms with van der Waals surface area (Å²) in [6, 6.07) is 0.577. The van der Waals surface area contributed by atoms with Gasteiger partial charge < -0.3 is 9.88 Å². The molecule has 0 bridgehead atoms. The molecule has 0 spiro atoms. The molecule has 1 saturated heterocycles. The molecule has 0 atom stereocenters. The van der Waals surface area contributed by atoms with E-state index in [4.69, 9.17) is 12.2 Å². The number of hydrogen-bond donors (Lipinski definition) is 1. The summed E-state index contributed by atoms with van der Waals surface area (Å²) in [7, 11) is 0. The molecule has 1 N–H and O–H groups in total. The first-order chi connectivity index (χ1) is 11.7. The van der Waals surface area contributed by atoms with Crippen LogP contribution in [-0.4, -0.2) is 44.8 Å². The van der Waals surface area contributed by atoms with Gasteiger partial charge in [-0.3, -0.25) is 9.69 Å². The summed E-state index contributed by atoms with van der Waals surface area (Å²) < 4.78 is 4.86. The number of nitrogens with one attached hydrogen (secondary N) is 1. The number of piperidine rings is 1. The van der Waals surface area contributed by atoms with E-state index < -0.39 is 0 Å². The van der Waals surface area contributed by atoms with Crippen molar-refractivity contribution in [2.75, 3.05) is 19.6 Å². The topological polar surface area (TPSA) is 55.1 Å². The third-order valence-electron chi connectivity index (χ3n) is 5.07. The average Bonchev–Trinajstić information content (AvgIpc) is 3.37. The molecule has 3 rings (SSSR count). The first kappa shape index (κ1) is 17.6. The van der Waals surface area contributed by atoms with Gasteiger partial charge in [0.05, 0.1) is 6.67 Å². The molecule has 1 aliphatic carbocycles. The second-order valence-electron chi connectivity index (χ2n) is 7.08. The number of rotatable bonds is 8. The van der Waals surface area contributed by atoms with Crippen LogP contribution in [0.3, 0.4) is 0 Å². The van der Waals surface area contributed by atoms with Gasteiger partial charge in [0.15, 0.2) is 4.77 Å². The van der Waals surface area contributed by atoms with E-state index in [9.17, 15) is 4.79 Å². The zero-order valence-electron chi connectivity index (χ0n) is 14.6. The van der Waals surface area contributed by atoms with Gasteiger partial charge in [-0.05, 0) is 44.3 Å². The lowest BCUT2D eigenvalue weighted by Crippen LogP contribution is -2.41. The van der Waals surface area contributed by atoms with Crippen molar-refractivity contribution >= 4 is 18.1 Å². The van der Waals surface area contributed by atoms with Crippen molar-refractivity contribution in [1.82, 2.24) is 24.6 Å². The van der Waals surface area contributed by atoms with Gasteiger partial charge in [-0.15, -0.1) is 0 Å². The molecule has 2 aliphatic rings. The number of unbranched alkanes of at least 4 members (excludes halogenated alkanes) is 2. The minimum Gasteiger partial charge on any atom is -0.356 e. The summed E-state index contributed by atoms with van der Waals surface area (Å²) >= 11 is 5.52. The molecule has 1 aliphatic heterocycles. The lowest BCUT2D eigenvalue weighted by Gasteiger charge is -2.30. The average molecular weight is 352 g/mol. The second kappa shape index (κ2) is 8.25. The van der Waals surface area contributed by atoms with E-state index >= 15 is 0 Å². The van der Waals surface area contributed by atoms with Gasteiger partial charge >= 0.3 is 0 Å². The van der Waals surface area contributed by atoms with Crippen LogP contribution in [0, 0.1) is 10.7 Å². The summed E-state index contributed by atoms with van der Waals surface area (Å²) in [5.41, 5.74) is 0. The van der Waals surface area contributed by atoms with Gasteiger partial charge in [-0.2, -0.15) is 5.10 Å². The normalized spacial score (nSPS) is 19.5. The quantitative estimate of drug-likeness (QED) is 0.578. The molecule has 2 heterocycles. The molecule has 1 amide bonds. The third-order valence-corrected chi connectivity index (χ3v) is 5.49. The number of carbonyl (C=O) groups is 1. The first-order valence-electron chi connectivity index (χ1n) is 9.33. The van der Waals surface area contributed by atoms with E-state index in [0.717, 1.165) is 50.3 Å². The van der Waals surface area contributed by atoms with Crippen molar-refractivity contribution in [3.63, 3.8) is 0 Å². The van der Waals surface area contributed by atoms with E-state index in [2.05, 4.69) is 26.8 Å². The molecule has 0 radical (unpaired) electrons. The predicted octanol–water partition coefficient (Wildman–Crippen LogP) is 2.72. The number of carbonyl (C=O) groups excluding carboxylic acids is 1. The molecule has 7 heteroatoms. The highest BCUT2D eigenvalue weighted by Crippen LogP contribution is 2.34. The number of nitrogens with zero attached hydrogens (tertiary/aromatic N) is 4. The number of hydrogen-bond acceptors (Lipinski definition) is 4. The van der Waals surface area contributed by atoms with Crippen LogP contribution in [0.15, 0.2) is 6.33 Å². The van der Waals surface area contributed by atoms with Crippen LogP contribution in [-0.2, 0) is 11.5 Å². The van der Waals surface area contributed by atoms with Crippen LogP contribution < -0.4 is 5.32 Å². The highest BCUT2D eigenvalue weighted by molar-refractivity contribution is 7.71. The highest BCUT2D eigenvalue weighted by Gasteiger charge is 2.27. The van der Waals surface area contributed by atoms with Crippen LogP contribution in [0.5, 0.6) is 0 Å². The Kier molecular flexibility index (Phi) is 6.05. The predicted molar refractivity (Wildman–Crippen MR) is 96.2 cm³/mol. The number of likely N-dealkylation sites (tertiary alicyclic amines) is 1. The molecule has 1 saturated carbocycles. The lowest BCUT2D eigenvalue weighted by molar-refractivity contribution is -0.126. The summed E-state index contributed by atoms with van der Waals surface area (Å²) in [6.45, 7) is 5.61. The summed E-state index contributed by atoms with van der Waals surface area (Å²) in [4.78, 5) is 14.5. The van der Waals surface area contributed by atoms with E-state index in [1.54, 1.807) is 0 Å². The molecule has 6 nitrogen and oxygen atoms in total. The molecule has 0 unspecified atom stereocenters. The molecule has 2 fully saturated rings. The Bertz CT molecular complexity index is 598. The first-order valence-corrected chi connectivity index (χ1v) is 9.74. The monoisotopic (exact) mass is 351 g/mol. The largest absolute Gasteiger partial charge is 0.356 e. The number of aromatic nitrogens is 3. The minimum atomic E-state index is 0.167. The molecular weight excluding hydrogens is 322 g/mol. The minimum absolute atomic E-state index is 0.167. The van der Waals surface area contributed by atoms with Crippen molar-refractivity contribution in [2.45, 2.75) is 64.6 Å². The Hall–Kier alpha value is -1.21. The van der Waals surface area contributed by atoms with Crippen molar-refractivity contribution in [1.29, 1.82) is 0 Å². The van der Waals surface area contributed by atoms with Gasteiger partial charge in [-0.1, -0.05) is 19.8 Å². The zero-order valence-corrected chi connectivity index (χ0v) is 15.4. The summed E-state index contributed by atoms with van der Waals surface area (Å²) in [5.74, 6) is 0.403. The van der Waals surface area contributed by atoms with Crippen molar-refractivity contribution in [3.05, 3.63) is 11.1 Å². The molecular formula is C17H29N5OS. The molecule has 134 valence electrons. The Morgan fingerprint density at radius 1 is 1.29 bits per heavy atom. The van der Waals surface area contributed by atoms with Gasteiger partial charge in [0.1, 0.15) is 6.33 Å². The van der Waals surface area contributed by atoms with Crippen LogP contribution in [0.1, 0.15) is 57.9 Å². The zero-order chi connectivity index (χ0) is 16.9. The highest BCUT2D eigenvalue weighted by atomic mass is 32.1. The van der Waals surface area contributed by atoms with Gasteiger partial charge in [-0.25, -0.2) is 4.68 Å². The van der Waals surface area contributed by atoms with E-state index in [-0.39, 0.29) is 11.8 Å². The molecule has 1 aromatic rings. The maximum atomic E-state index is 12.2. The van der Waals surface area contributed by atoms with Crippen LogP contribution in [0.25, 0.3) is 0 Å². The Labute approximate surface area is 149 Å². The summed E-state index contributed by atoms with van der Waals surface area (Å²) in [6.07, 6.45) is 9.63. The number of amides is 1. The van der Waals surface area contributed by atoms with E-state index in [1.807, 2.05) is 11.0 Å². The van der Waals surface area contributed by atoms with Gasteiger partial charge in [0.2, 0.25) is 5.91 Å². The standard InChI is InChI=1S/C17H29N5OS/c1-2-3-4-9-18-16(23)14-7-10-20(11-8-14)13-22-17(24)21(12-19-22)15-5-6-15/h12,14-15H,2-11,13H2,1H3,(H,18,23). The van der Waals surface area contributed by atoms with Gasteiger partial charge in [0, 0.05) is 31.6 Å².